The molecular formula is C14H26N4OS. The zero-order valence-corrected chi connectivity index (χ0v) is 13.7. The second kappa shape index (κ2) is 8.92. The van der Waals surface area contributed by atoms with E-state index in [-0.39, 0.29) is 11.9 Å². The zero-order chi connectivity index (χ0) is 15.0. The lowest BCUT2D eigenvalue weighted by atomic mass is 10.3. The van der Waals surface area contributed by atoms with Crippen LogP contribution in [0.4, 0.5) is 5.13 Å². The smallest absolute Gasteiger partial charge is 0.234 e. The van der Waals surface area contributed by atoms with Crippen molar-refractivity contribution in [2.24, 2.45) is 0 Å². The lowest BCUT2D eigenvalue weighted by Gasteiger charge is -2.19. The van der Waals surface area contributed by atoms with Gasteiger partial charge < -0.3 is 10.6 Å². The van der Waals surface area contributed by atoms with Crippen LogP contribution in [0.5, 0.6) is 0 Å². The highest BCUT2D eigenvalue weighted by molar-refractivity contribution is 7.15. The molecule has 1 amide bonds. The van der Waals surface area contributed by atoms with Gasteiger partial charge in [-0.1, -0.05) is 13.8 Å². The average Bonchev–Trinajstić information content (AvgIpc) is 2.82. The van der Waals surface area contributed by atoms with E-state index in [1.165, 1.54) is 4.88 Å². The molecule has 0 aliphatic carbocycles. The average molecular weight is 298 g/mol. The fourth-order valence-electron chi connectivity index (χ4n) is 1.76. The van der Waals surface area contributed by atoms with Gasteiger partial charge in [0.25, 0.3) is 0 Å². The zero-order valence-electron chi connectivity index (χ0n) is 12.9. The van der Waals surface area contributed by atoms with E-state index in [1.54, 1.807) is 11.3 Å². The number of hydrogen-bond acceptors (Lipinski definition) is 5. The Hall–Kier alpha value is -1.14. The Balaban J connectivity index is 2.46. The molecule has 5 nitrogen and oxygen atoms in total. The third-order valence-electron chi connectivity index (χ3n) is 2.72. The molecule has 1 heterocycles. The van der Waals surface area contributed by atoms with Crippen molar-refractivity contribution in [2.75, 3.05) is 25.0 Å². The molecular weight excluding hydrogens is 272 g/mol. The Morgan fingerprint density at radius 3 is 2.80 bits per heavy atom. The number of hydrogen-bond donors (Lipinski definition) is 2. The molecule has 0 radical (unpaired) electrons. The molecule has 1 aromatic rings. The van der Waals surface area contributed by atoms with Crippen LogP contribution in [0.15, 0.2) is 6.20 Å². The van der Waals surface area contributed by atoms with E-state index in [2.05, 4.69) is 34.4 Å². The number of aromatic nitrogens is 1. The van der Waals surface area contributed by atoms with Crippen molar-refractivity contribution in [2.45, 2.75) is 46.7 Å². The van der Waals surface area contributed by atoms with Crippen LogP contribution in [-0.2, 0) is 11.3 Å². The number of likely N-dealkylation sites (N-methyl/N-ethyl adjacent to an activating group) is 1. The minimum Gasteiger partial charge on any atom is -0.362 e. The maximum atomic E-state index is 11.8. The predicted octanol–water partition coefficient (Wildman–Crippen LogP) is 2.31. The van der Waals surface area contributed by atoms with E-state index in [9.17, 15) is 4.79 Å². The highest BCUT2D eigenvalue weighted by atomic mass is 32.1. The van der Waals surface area contributed by atoms with Crippen molar-refractivity contribution >= 4 is 22.4 Å². The highest BCUT2D eigenvalue weighted by Gasteiger charge is 2.12. The second-order valence-corrected chi connectivity index (χ2v) is 6.20. The van der Waals surface area contributed by atoms with Gasteiger partial charge in [-0.15, -0.1) is 11.3 Å². The summed E-state index contributed by atoms with van der Waals surface area (Å²) >= 11 is 1.66. The first kappa shape index (κ1) is 16.9. The Kier molecular flexibility index (Phi) is 7.54. The van der Waals surface area contributed by atoms with Crippen molar-refractivity contribution in [3.8, 4) is 0 Å². The van der Waals surface area contributed by atoms with Gasteiger partial charge in [-0.05, 0) is 26.8 Å². The largest absolute Gasteiger partial charge is 0.362 e. The summed E-state index contributed by atoms with van der Waals surface area (Å²) in [6.07, 6.45) is 2.98. The van der Waals surface area contributed by atoms with Gasteiger partial charge >= 0.3 is 0 Å². The second-order valence-electron chi connectivity index (χ2n) is 5.08. The maximum absolute atomic E-state index is 11.8. The van der Waals surface area contributed by atoms with Gasteiger partial charge in [-0.25, -0.2) is 4.98 Å². The molecule has 0 saturated carbocycles. The number of amides is 1. The topological polar surface area (TPSA) is 57.3 Å². The minimum atomic E-state index is 0.0793. The number of rotatable bonds is 9. The summed E-state index contributed by atoms with van der Waals surface area (Å²) in [5.41, 5.74) is 0. The summed E-state index contributed by atoms with van der Waals surface area (Å²) in [5, 5.41) is 7.17. The summed E-state index contributed by atoms with van der Waals surface area (Å²) in [4.78, 5) is 19.4. The van der Waals surface area contributed by atoms with Crippen LogP contribution in [0.2, 0.25) is 0 Å². The quantitative estimate of drug-likeness (QED) is 0.734. The Morgan fingerprint density at radius 2 is 2.20 bits per heavy atom. The first-order chi connectivity index (χ1) is 9.55. The number of carbonyl (C=O) groups is 1. The molecule has 114 valence electrons. The molecule has 6 heteroatoms. The van der Waals surface area contributed by atoms with E-state index < -0.39 is 0 Å². The highest BCUT2D eigenvalue weighted by Crippen LogP contribution is 2.19. The van der Waals surface area contributed by atoms with Gasteiger partial charge in [0.1, 0.15) is 0 Å². The monoisotopic (exact) mass is 298 g/mol. The van der Waals surface area contributed by atoms with Crippen molar-refractivity contribution in [3.63, 3.8) is 0 Å². The molecule has 0 spiro atoms. The molecule has 0 aliphatic heterocycles. The first-order valence-electron chi connectivity index (χ1n) is 7.25. The maximum Gasteiger partial charge on any atom is 0.234 e. The summed E-state index contributed by atoms with van der Waals surface area (Å²) in [5.74, 6) is 0.0793. The van der Waals surface area contributed by atoms with Crippen LogP contribution in [-0.4, -0.2) is 41.5 Å². The van der Waals surface area contributed by atoms with Gasteiger partial charge in [0.2, 0.25) is 5.91 Å². The Labute approximate surface area is 125 Å². The molecule has 0 aromatic carbocycles. The van der Waals surface area contributed by atoms with Gasteiger partial charge in [0.05, 0.1) is 6.54 Å². The molecule has 0 bridgehead atoms. The van der Waals surface area contributed by atoms with Gasteiger partial charge in [-0.2, -0.15) is 0 Å². The molecule has 0 fully saturated rings. The normalized spacial score (nSPS) is 11.1. The van der Waals surface area contributed by atoms with E-state index in [1.807, 2.05) is 20.0 Å². The first-order valence-corrected chi connectivity index (χ1v) is 8.07. The molecule has 0 saturated heterocycles. The number of carbonyl (C=O) groups excluding carboxylic acids is 1. The fraction of sp³-hybridized carbons (Fsp3) is 0.714. The van der Waals surface area contributed by atoms with Crippen LogP contribution in [0.1, 0.15) is 39.0 Å². The lowest BCUT2D eigenvalue weighted by Crippen LogP contribution is -2.39. The molecule has 0 unspecified atom stereocenters. The number of nitrogens with zero attached hydrogens (tertiary/aromatic N) is 2. The molecule has 0 atom stereocenters. The predicted molar refractivity (Wildman–Crippen MR) is 85.1 cm³/mol. The van der Waals surface area contributed by atoms with Crippen molar-refractivity contribution in [1.82, 2.24) is 15.2 Å². The molecule has 2 N–H and O–H groups in total. The Bertz CT molecular complexity index is 406. The standard InChI is InChI=1S/C14H26N4OS/c1-5-7-15-14-16-8-12(20-14)9-18(6-2)10-13(19)17-11(3)4/h8,11H,5-7,9-10H2,1-4H3,(H,15,16)(H,17,19). The van der Waals surface area contributed by atoms with E-state index in [0.29, 0.717) is 6.54 Å². The Morgan fingerprint density at radius 1 is 1.45 bits per heavy atom. The van der Waals surface area contributed by atoms with Gasteiger partial charge in [0.15, 0.2) is 5.13 Å². The summed E-state index contributed by atoms with van der Waals surface area (Å²) in [6.45, 7) is 11.2. The van der Waals surface area contributed by atoms with Crippen molar-refractivity contribution in [3.05, 3.63) is 11.1 Å². The summed E-state index contributed by atoms with van der Waals surface area (Å²) < 4.78 is 0. The third-order valence-corrected chi connectivity index (χ3v) is 3.66. The molecule has 20 heavy (non-hydrogen) atoms. The van der Waals surface area contributed by atoms with Crippen LogP contribution in [0.25, 0.3) is 0 Å². The van der Waals surface area contributed by atoms with Gasteiger partial charge in [0, 0.05) is 30.2 Å². The van der Waals surface area contributed by atoms with Crippen LogP contribution in [0, 0.1) is 0 Å². The molecule has 1 aromatic heterocycles. The lowest BCUT2D eigenvalue weighted by molar-refractivity contribution is -0.122. The van der Waals surface area contributed by atoms with Crippen LogP contribution in [0.3, 0.4) is 0 Å². The SMILES string of the molecule is CCCNc1ncc(CN(CC)CC(=O)NC(C)C)s1. The van der Waals surface area contributed by atoms with Crippen molar-refractivity contribution in [1.29, 1.82) is 0 Å². The van der Waals surface area contributed by atoms with Crippen LogP contribution >= 0.6 is 11.3 Å². The molecule has 0 aliphatic rings. The van der Waals surface area contributed by atoms with E-state index >= 15 is 0 Å². The van der Waals surface area contributed by atoms with E-state index in [4.69, 9.17) is 0 Å². The minimum absolute atomic E-state index is 0.0793. The number of nitrogens with one attached hydrogen (secondary N) is 2. The van der Waals surface area contributed by atoms with E-state index in [0.717, 1.165) is 31.2 Å². The number of thiazole rings is 1. The van der Waals surface area contributed by atoms with Gasteiger partial charge in [-0.3, -0.25) is 9.69 Å². The summed E-state index contributed by atoms with van der Waals surface area (Å²) in [6, 6.07) is 0.189. The fourth-order valence-corrected chi connectivity index (χ4v) is 2.65. The summed E-state index contributed by atoms with van der Waals surface area (Å²) in [7, 11) is 0. The number of anilines is 1. The van der Waals surface area contributed by atoms with Crippen LogP contribution < -0.4 is 10.6 Å². The van der Waals surface area contributed by atoms with Crippen molar-refractivity contribution < 1.29 is 4.79 Å². The molecule has 1 rings (SSSR count). The third kappa shape index (κ3) is 6.34.